The molecule has 0 saturated carbocycles. The van der Waals surface area contributed by atoms with Crippen LogP contribution in [0.3, 0.4) is 0 Å². The van der Waals surface area contributed by atoms with Gasteiger partial charge < -0.3 is 10.6 Å². The molecule has 1 aromatic rings. The number of carbonyl (C=O) groups excluding carboxylic acids is 1. The molecule has 0 unspecified atom stereocenters. The molecule has 1 fully saturated rings. The van der Waals surface area contributed by atoms with Crippen LogP contribution in [0.1, 0.15) is 23.5 Å². The monoisotopic (exact) mass is 239 g/mol. The molecule has 1 atom stereocenters. The van der Waals surface area contributed by atoms with E-state index in [0.29, 0.717) is 6.54 Å². The summed E-state index contributed by atoms with van der Waals surface area (Å²) >= 11 is 1.62. The molecule has 5 heteroatoms. The maximum absolute atomic E-state index is 11.8. The van der Waals surface area contributed by atoms with Crippen molar-refractivity contribution < 1.29 is 4.79 Å². The van der Waals surface area contributed by atoms with E-state index < -0.39 is 0 Å². The van der Waals surface area contributed by atoms with Gasteiger partial charge in [-0.15, -0.1) is 11.3 Å². The van der Waals surface area contributed by atoms with Gasteiger partial charge in [-0.3, -0.25) is 4.79 Å². The second-order valence-corrected chi connectivity index (χ2v) is 5.18. The Morgan fingerprint density at radius 3 is 3.25 bits per heavy atom. The largest absolute Gasteiger partial charge is 0.350 e. The molecule has 16 heavy (non-hydrogen) atoms. The standard InChI is InChI=1S/C11H17N3OS/c1-8-14-10(7-16-8)6-13-11(15)9-3-2-4-12-5-9/h7,9,12H,2-6H2,1H3,(H,13,15)/t9-/m0/s1. The number of hydrogen-bond acceptors (Lipinski definition) is 4. The first-order valence-electron chi connectivity index (χ1n) is 5.65. The first-order valence-corrected chi connectivity index (χ1v) is 6.53. The van der Waals surface area contributed by atoms with Crippen LogP contribution in [-0.4, -0.2) is 24.0 Å². The van der Waals surface area contributed by atoms with Gasteiger partial charge in [0.25, 0.3) is 0 Å². The van der Waals surface area contributed by atoms with Crippen molar-refractivity contribution in [2.45, 2.75) is 26.3 Å². The fourth-order valence-corrected chi connectivity index (χ4v) is 2.50. The van der Waals surface area contributed by atoms with E-state index in [1.165, 1.54) is 0 Å². The van der Waals surface area contributed by atoms with Gasteiger partial charge >= 0.3 is 0 Å². The molecule has 4 nitrogen and oxygen atoms in total. The molecule has 0 aliphatic carbocycles. The molecule has 0 aromatic carbocycles. The average Bonchev–Trinajstić information content (AvgIpc) is 2.73. The summed E-state index contributed by atoms with van der Waals surface area (Å²) in [7, 11) is 0. The van der Waals surface area contributed by atoms with Crippen LogP contribution in [0.15, 0.2) is 5.38 Å². The van der Waals surface area contributed by atoms with Crippen LogP contribution >= 0.6 is 11.3 Å². The molecule has 88 valence electrons. The van der Waals surface area contributed by atoms with E-state index in [4.69, 9.17) is 0 Å². The van der Waals surface area contributed by atoms with Crippen LogP contribution < -0.4 is 10.6 Å². The Balaban J connectivity index is 1.78. The zero-order chi connectivity index (χ0) is 11.4. The Labute approximate surface area is 99.5 Å². The highest BCUT2D eigenvalue weighted by Gasteiger charge is 2.20. The van der Waals surface area contributed by atoms with Gasteiger partial charge in [0.1, 0.15) is 0 Å². The van der Waals surface area contributed by atoms with E-state index in [9.17, 15) is 4.79 Å². The van der Waals surface area contributed by atoms with Gasteiger partial charge in [-0.05, 0) is 26.3 Å². The smallest absolute Gasteiger partial charge is 0.224 e. The highest BCUT2D eigenvalue weighted by Crippen LogP contribution is 2.11. The topological polar surface area (TPSA) is 54.0 Å². The number of amides is 1. The Morgan fingerprint density at radius 2 is 2.62 bits per heavy atom. The van der Waals surface area contributed by atoms with Crippen molar-refractivity contribution in [1.29, 1.82) is 0 Å². The van der Waals surface area contributed by atoms with Gasteiger partial charge in [-0.25, -0.2) is 4.98 Å². The van der Waals surface area contributed by atoms with E-state index in [2.05, 4.69) is 15.6 Å². The summed E-state index contributed by atoms with van der Waals surface area (Å²) < 4.78 is 0. The quantitative estimate of drug-likeness (QED) is 0.829. The number of nitrogens with zero attached hydrogens (tertiary/aromatic N) is 1. The first kappa shape index (κ1) is 11.5. The predicted molar refractivity (Wildman–Crippen MR) is 64.3 cm³/mol. The molecule has 1 saturated heterocycles. The molecular weight excluding hydrogens is 222 g/mol. The average molecular weight is 239 g/mol. The number of aryl methyl sites for hydroxylation is 1. The van der Waals surface area contributed by atoms with Crippen molar-refractivity contribution in [2.75, 3.05) is 13.1 Å². The summed E-state index contributed by atoms with van der Waals surface area (Å²) in [6.45, 7) is 4.37. The third kappa shape index (κ3) is 3.02. The number of carbonyl (C=O) groups is 1. The number of aromatic nitrogens is 1. The summed E-state index contributed by atoms with van der Waals surface area (Å²) in [4.78, 5) is 16.1. The molecule has 0 spiro atoms. The van der Waals surface area contributed by atoms with Crippen molar-refractivity contribution >= 4 is 17.2 Å². The van der Waals surface area contributed by atoms with Crippen LogP contribution in [-0.2, 0) is 11.3 Å². The second-order valence-electron chi connectivity index (χ2n) is 4.12. The zero-order valence-corrected chi connectivity index (χ0v) is 10.3. The van der Waals surface area contributed by atoms with Gasteiger partial charge in [0.15, 0.2) is 0 Å². The number of nitrogens with one attached hydrogen (secondary N) is 2. The third-order valence-electron chi connectivity index (χ3n) is 2.78. The maximum Gasteiger partial charge on any atom is 0.224 e. The van der Waals surface area contributed by atoms with Gasteiger partial charge in [0.05, 0.1) is 23.2 Å². The summed E-state index contributed by atoms with van der Waals surface area (Å²) in [5.74, 6) is 0.284. The molecule has 2 N–H and O–H groups in total. The Hall–Kier alpha value is -0.940. The zero-order valence-electron chi connectivity index (χ0n) is 9.45. The van der Waals surface area contributed by atoms with Crippen LogP contribution in [0.2, 0.25) is 0 Å². The lowest BCUT2D eigenvalue weighted by Crippen LogP contribution is -2.40. The molecule has 1 aromatic heterocycles. The van der Waals surface area contributed by atoms with Crippen LogP contribution in [0, 0.1) is 12.8 Å². The Morgan fingerprint density at radius 1 is 1.75 bits per heavy atom. The lowest BCUT2D eigenvalue weighted by molar-refractivity contribution is -0.125. The van der Waals surface area contributed by atoms with Crippen molar-refractivity contribution in [3.05, 3.63) is 16.1 Å². The maximum atomic E-state index is 11.8. The highest BCUT2D eigenvalue weighted by atomic mass is 32.1. The highest BCUT2D eigenvalue weighted by molar-refractivity contribution is 7.09. The summed E-state index contributed by atoms with van der Waals surface area (Å²) in [6, 6.07) is 0. The molecule has 1 amide bonds. The van der Waals surface area contributed by atoms with Crippen LogP contribution in [0.25, 0.3) is 0 Å². The van der Waals surface area contributed by atoms with Crippen molar-refractivity contribution in [3.63, 3.8) is 0 Å². The molecule has 1 aliphatic rings. The van der Waals surface area contributed by atoms with Crippen molar-refractivity contribution in [3.8, 4) is 0 Å². The van der Waals surface area contributed by atoms with Crippen molar-refractivity contribution in [2.24, 2.45) is 5.92 Å². The molecule has 2 rings (SSSR count). The molecule has 0 radical (unpaired) electrons. The molecule has 1 aliphatic heterocycles. The second kappa shape index (κ2) is 5.41. The van der Waals surface area contributed by atoms with Gasteiger partial charge in [-0.1, -0.05) is 0 Å². The number of piperidine rings is 1. The van der Waals surface area contributed by atoms with Crippen LogP contribution in [0.4, 0.5) is 0 Å². The third-order valence-corrected chi connectivity index (χ3v) is 3.60. The van der Waals surface area contributed by atoms with Gasteiger partial charge in [0, 0.05) is 11.9 Å². The first-order chi connectivity index (χ1) is 7.75. The summed E-state index contributed by atoms with van der Waals surface area (Å²) in [5, 5.41) is 9.23. The fourth-order valence-electron chi connectivity index (χ4n) is 1.89. The summed E-state index contributed by atoms with van der Waals surface area (Å²) in [6.07, 6.45) is 2.09. The Bertz CT molecular complexity index is 358. The lowest BCUT2D eigenvalue weighted by atomic mass is 9.99. The van der Waals surface area contributed by atoms with E-state index in [1.54, 1.807) is 11.3 Å². The van der Waals surface area contributed by atoms with Gasteiger partial charge in [0.2, 0.25) is 5.91 Å². The van der Waals surface area contributed by atoms with Crippen LogP contribution in [0.5, 0.6) is 0 Å². The normalized spacial score (nSPS) is 20.7. The number of rotatable bonds is 3. The van der Waals surface area contributed by atoms with E-state index >= 15 is 0 Å². The lowest BCUT2D eigenvalue weighted by Gasteiger charge is -2.21. The van der Waals surface area contributed by atoms with Crippen molar-refractivity contribution in [1.82, 2.24) is 15.6 Å². The fraction of sp³-hybridized carbons (Fsp3) is 0.636. The minimum absolute atomic E-state index is 0.133. The number of thiazole rings is 1. The van der Waals surface area contributed by atoms with E-state index in [0.717, 1.165) is 36.6 Å². The predicted octanol–water partition coefficient (Wildman–Crippen LogP) is 1.07. The minimum Gasteiger partial charge on any atom is -0.350 e. The van der Waals surface area contributed by atoms with Gasteiger partial charge in [-0.2, -0.15) is 0 Å². The molecule has 2 heterocycles. The Kier molecular flexibility index (Phi) is 3.90. The molecule has 0 bridgehead atoms. The van der Waals surface area contributed by atoms with E-state index in [1.807, 2.05) is 12.3 Å². The van der Waals surface area contributed by atoms with E-state index in [-0.39, 0.29) is 11.8 Å². The molecular formula is C11H17N3OS. The minimum atomic E-state index is 0.133. The summed E-state index contributed by atoms with van der Waals surface area (Å²) in [5.41, 5.74) is 0.958. The number of hydrogen-bond donors (Lipinski definition) is 2. The SMILES string of the molecule is Cc1nc(CNC(=O)[C@H]2CCCNC2)cs1.